The number of hydrogen-bond acceptors (Lipinski definition) is 1. The molecule has 1 fully saturated rings. The molecule has 0 heterocycles. The van der Waals surface area contributed by atoms with Crippen molar-refractivity contribution in [3.63, 3.8) is 0 Å². The molecule has 1 nitrogen and oxygen atoms in total. The summed E-state index contributed by atoms with van der Waals surface area (Å²) >= 11 is 0. The van der Waals surface area contributed by atoms with Crippen LogP contribution in [0.15, 0.2) is 18.2 Å². The van der Waals surface area contributed by atoms with Crippen LogP contribution in [0.25, 0.3) is 0 Å². The highest BCUT2D eigenvalue weighted by Crippen LogP contribution is 2.44. The smallest absolute Gasteiger partial charge is 0.0899 e. The van der Waals surface area contributed by atoms with Crippen molar-refractivity contribution < 1.29 is 5.11 Å². The number of aliphatic hydroxyl groups is 1. The Morgan fingerprint density at radius 2 is 1.63 bits per heavy atom. The molecule has 3 unspecified atom stereocenters. The molecule has 19 heavy (non-hydrogen) atoms. The Morgan fingerprint density at radius 3 is 2.21 bits per heavy atom. The summed E-state index contributed by atoms with van der Waals surface area (Å²) in [7, 11) is 0. The molecule has 106 valence electrons. The molecule has 0 saturated heterocycles. The lowest BCUT2D eigenvalue weighted by Crippen LogP contribution is -2.37. The van der Waals surface area contributed by atoms with Gasteiger partial charge < -0.3 is 5.11 Å². The topological polar surface area (TPSA) is 20.2 Å². The van der Waals surface area contributed by atoms with E-state index in [9.17, 15) is 5.11 Å². The Morgan fingerprint density at radius 1 is 1.05 bits per heavy atom. The van der Waals surface area contributed by atoms with Gasteiger partial charge in [-0.05, 0) is 68.9 Å². The number of benzene rings is 1. The van der Waals surface area contributed by atoms with Crippen molar-refractivity contribution in [2.45, 2.75) is 59.5 Å². The Kier molecular flexibility index (Phi) is 4.06. The molecule has 0 radical (unpaired) electrons. The Bertz CT molecular complexity index is 437. The van der Waals surface area contributed by atoms with E-state index in [0.717, 1.165) is 30.2 Å². The second-order valence-corrected chi connectivity index (χ2v) is 7.08. The van der Waals surface area contributed by atoms with Gasteiger partial charge in [-0.25, -0.2) is 0 Å². The highest BCUT2D eigenvalue weighted by molar-refractivity contribution is 5.35. The van der Waals surface area contributed by atoms with E-state index >= 15 is 0 Å². The quantitative estimate of drug-likeness (QED) is 0.825. The third kappa shape index (κ3) is 3.02. The van der Waals surface area contributed by atoms with Gasteiger partial charge in [0.2, 0.25) is 0 Å². The van der Waals surface area contributed by atoms with Gasteiger partial charge >= 0.3 is 0 Å². The van der Waals surface area contributed by atoms with Gasteiger partial charge in [0.1, 0.15) is 0 Å². The molecule has 1 saturated carbocycles. The summed E-state index contributed by atoms with van der Waals surface area (Å²) in [6.07, 6.45) is 3.59. The highest BCUT2D eigenvalue weighted by atomic mass is 16.3. The average molecular weight is 260 g/mol. The predicted octanol–water partition coefficient (Wildman–Crippen LogP) is 4.58. The van der Waals surface area contributed by atoms with Gasteiger partial charge in [-0.1, -0.05) is 37.6 Å². The first-order chi connectivity index (χ1) is 8.80. The number of aryl methyl sites for hydroxylation is 2. The summed E-state index contributed by atoms with van der Waals surface area (Å²) < 4.78 is 0. The molecule has 3 atom stereocenters. The average Bonchev–Trinajstić information content (AvgIpc) is 2.31. The van der Waals surface area contributed by atoms with Crippen molar-refractivity contribution in [3.05, 3.63) is 34.9 Å². The van der Waals surface area contributed by atoms with Gasteiger partial charge in [0, 0.05) is 0 Å². The molecule has 0 aliphatic heterocycles. The molecular formula is C18H28O. The van der Waals surface area contributed by atoms with Crippen LogP contribution in [0.5, 0.6) is 0 Å². The minimum absolute atomic E-state index is 0.381. The monoisotopic (exact) mass is 260 g/mol. The van der Waals surface area contributed by atoms with E-state index in [1.54, 1.807) is 0 Å². The van der Waals surface area contributed by atoms with Crippen LogP contribution in [-0.2, 0) is 5.60 Å². The summed E-state index contributed by atoms with van der Waals surface area (Å²) in [4.78, 5) is 0. The van der Waals surface area contributed by atoms with E-state index in [1.165, 1.54) is 17.5 Å². The van der Waals surface area contributed by atoms with Crippen LogP contribution in [0.1, 0.15) is 56.7 Å². The molecule has 1 aliphatic carbocycles. The molecule has 1 aliphatic rings. The fourth-order valence-corrected chi connectivity index (χ4v) is 3.91. The van der Waals surface area contributed by atoms with Crippen molar-refractivity contribution in [1.82, 2.24) is 0 Å². The van der Waals surface area contributed by atoms with Crippen LogP contribution in [0, 0.1) is 31.6 Å². The minimum Gasteiger partial charge on any atom is -0.385 e. The molecule has 1 N–H and O–H groups in total. The summed E-state index contributed by atoms with van der Waals surface area (Å²) in [6.45, 7) is 10.9. The van der Waals surface area contributed by atoms with Gasteiger partial charge in [0.05, 0.1) is 5.60 Å². The fraction of sp³-hybridized carbons (Fsp3) is 0.667. The Balaban J connectivity index is 2.32. The fourth-order valence-electron chi connectivity index (χ4n) is 3.91. The largest absolute Gasteiger partial charge is 0.385 e. The van der Waals surface area contributed by atoms with Crippen LogP contribution < -0.4 is 0 Å². The first-order valence-corrected chi connectivity index (χ1v) is 7.60. The molecule has 1 aromatic carbocycles. The van der Waals surface area contributed by atoms with Crippen LogP contribution in [0.3, 0.4) is 0 Å². The van der Waals surface area contributed by atoms with Crippen molar-refractivity contribution in [1.29, 1.82) is 0 Å². The van der Waals surface area contributed by atoms with Crippen molar-refractivity contribution >= 4 is 0 Å². The third-order valence-corrected chi connectivity index (χ3v) is 4.91. The zero-order chi connectivity index (χ0) is 14.2. The maximum absolute atomic E-state index is 11.2. The standard InChI is InChI=1S/C18H28O/c1-12-6-7-15(4)17(11-12)18(5,19)16-9-13(2)8-14(3)10-16/h6-7,11,13-14,16,19H,8-10H2,1-5H3. The zero-order valence-corrected chi connectivity index (χ0v) is 13.0. The molecule has 2 rings (SSSR count). The van der Waals surface area contributed by atoms with Crippen LogP contribution in [0.4, 0.5) is 0 Å². The van der Waals surface area contributed by atoms with Gasteiger partial charge in [-0.2, -0.15) is 0 Å². The molecule has 1 heteroatoms. The van der Waals surface area contributed by atoms with Crippen molar-refractivity contribution in [3.8, 4) is 0 Å². The maximum atomic E-state index is 11.2. The van der Waals surface area contributed by atoms with Crippen molar-refractivity contribution in [2.75, 3.05) is 0 Å². The SMILES string of the molecule is Cc1ccc(C)c(C(C)(O)C2CC(C)CC(C)C2)c1. The van der Waals surface area contributed by atoms with E-state index in [1.807, 2.05) is 6.92 Å². The third-order valence-electron chi connectivity index (χ3n) is 4.91. The number of hydrogen-bond donors (Lipinski definition) is 1. The normalized spacial score (nSPS) is 30.9. The van der Waals surface area contributed by atoms with E-state index in [2.05, 4.69) is 45.9 Å². The predicted molar refractivity (Wildman–Crippen MR) is 81.2 cm³/mol. The second-order valence-electron chi connectivity index (χ2n) is 7.08. The van der Waals surface area contributed by atoms with Gasteiger partial charge in [-0.3, -0.25) is 0 Å². The summed E-state index contributed by atoms with van der Waals surface area (Å²) in [6, 6.07) is 6.43. The lowest BCUT2D eigenvalue weighted by atomic mass is 9.67. The number of rotatable bonds is 2. The van der Waals surface area contributed by atoms with Gasteiger partial charge in [0.15, 0.2) is 0 Å². The van der Waals surface area contributed by atoms with E-state index in [-0.39, 0.29) is 0 Å². The van der Waals surface area contributed by atoms with E-state index in [4.69, 9.17) is 0 Å². The molecule has 0 spiro atoms. The van der Waals surface area contributed by atoms with Gasteiger partial charge in [-0.15, -0.1) is 0 Å². The van der Waals surface area contributed by atoms with Gasteiger partial charge in [0.25, 0.3) is 0 Å². The van der Waals surface area contributed by atoms with Crippen LogP contribution in [0.2, 0.25) is 0 Å². The Hall–Kier alpha value is -0.820. The first-order valence-electron chi connectivity index (χ1n) is 7.60. The molecule has 1 aromatic rings. The highest BCUT2D eigenvalue weighted by Gasteiger charge is 2.38. The molecular weight excluding hydrogens is 232 g/mol. The zero-order valence-electron chi connectivity index (χ0n) is 13.0. The minimum atomic E-state index is -0.695. The Labute approximate surface area is 118 Å². The summed E-state index contributed by atoms with van der Waals surface area (Å²) in [5.41, 5.74) is 2.87. The van der Waals surface area contributed by atoms with E-state index < -0.39 is 5.60 Å². The van der Waals surface area contributed by atoms with Crippen molar-refractivity contribution in [2.24, 2.45) is 17.8 Å². The first kappa shape index (κ1) is 14.6. The summed E-state index contributed by atoms with van der Waals surface area (Å²) in [5, 5.41) is 11.2. The lowest BCUT2D eigenvalue weighted by Gasteiger charge is -2.41. The molecule has 0 amide bonds. The summed E-state index contributed by atoms with van der Waals surface area (Å²) in [5.74, 6) is 1.84. The van der Waals surface area contributed by atoms with Crippen LogP contribution >= 0.6 is 0 Å². The molecule has 0 aromatic heterocycles. The molecule has 0 bridgehead atoms. The van der Waals surface area contributed by atoms with Crippen LogP contribution in [-0.4, -0.2) is 5.11 Å². The lowest BCUT2D eigenvalue weighted by molar-refractivity contribution is -0.0391. The van der Waals surface area contributed by atoms with E-state index in [0.29, 0.717) is 5.92 Å². The maximum Gasteiger partial charge on any atom is 0.0899 e. The second kappa shape index (κ2) is 5.28.